The summed E-state index contributed by atoms with van der Waals surface area (Å²) in [4.78, 5) is 22.7. The lowest BCUT2D eigenvalue weighted by Crippen LogP contribution is -2.56. The maximum absolute atomic E-state index is 11.4. The lowest BCUT2D eigenvalue weighted by molar-refractivity contribution is -0.143. The summed E-state index contributed by atoms with van der Waals surface area (Å²) in [6, 6.07) is 0.0226. The average molecular weight is 258 g/mol. The molecule has 1 saturated heterocycles. The van der Waals surface area contributed by atoms with E-state index >= 15 is 0 Å². The van der Waals surface area contributed by atoms with Crippen molar-refractivity contribution in [3.63, 3.8) is 0 Å². The quantitative estimate of drug-likeness (QED) is 0.644. The predicted molar refractivity (Wildman–Crippen MR) is 66.1 cm³/mol. The van der Waals surface area contributed by atoms with E-state index in [9.17, 15) is 9.59 Å². The highest BCUT2D eigenvalue weighted by Crippen LogP contribution is 2.04. The number of nitrogens with one attached hydrogen (secondary N) is 2. The third-order valence-corrected chi connectivity index (χ3v) is 2.69. The highest BCUT2D eigenvalue weighted by Gasteiger charge is 2.25. The van der Waals surface area contributed by atoms with Gasteiger partial charge in [0.25, 0.3) is 0 Å². The van der Waals surface area contributed by atoms with Crippen LogP contribution in [0.2, 0.25) is 0 Å². The van der Waals surface area contributed by atoms with E-state index in [-0.39, 0.29) is 24.0 Å². The van der Waals surface area contributed by atoms with Gasteiger partial charge in [0.05, 0.1) is 26.1 Å². The van der Waals surface area contributed by atoms with Gasteiger partial charge in [-0.25, -0.2) is 0 Å². The van der Waals surface area contributed by atoms with Crippen molar-refractivity contribution >= 4 is 11.9 Å². The second-order valence-corrected chi connectivity index (χ2v) is 4.24. The molecule has 0 radical (unpaired) electrons. The van der Waals surface area contributed by atoms with Crippen LogP contribution in [0.15, 0.2) is 0 Å². The molecule has 0 bridgehead atoms. The van der Waals surface area contributed by atoms with Crippen LogP contribution in [0.5, 0.6) is 0 Å². The molecule has 104 valence electrons. The average Bonchev–Trinajstić information content (AvgIpc) is 2.29. The largest absolute Gasteiger partial charge is 0.466 e. The topological polar surface area (TPSA) is 76.7 Å². The lowest BCUT2D eigenvalue weighted by atomic mass is 10.1. The van der Waals surface area contributed by atoms with Gasteiger partial charge < -0.3 is 20.1 Å². The monoisotopic (exact) mass is 258 g/mol. The molecule has 2 atom stereocenters. The molecule has 1 fully saturated rings. The lowest BCUT2D eigenvalue weighted by Gasteiger charge is -2.30. The van der Waals surface area contributed by atoms with E-state index < -0.39 is 0 Å². The van der Waals surface area contributed by atoms with Crippen LogP contribution in [0.3, 0.4) is 0 Å². The Morgan fingerprint density at radius 3 is 1.83 bits per heavy atom. The summed E-state index contributed by atoms with van der Waals surface area (Å²) in [7, 11) is 0. The van der Waals surface area contributed by atoms with E-state index in [1.165, 1.54) is 0 Å². The van der Waals surface area contributed by atoms with Gasteiger partial charge in [-0.05, 0) is 13.8 Å². The molecular weight excluding hydrogens is 236 g/mol. The van der Waals surface area contributed by atoms with E-state index in [1.807, 2.05) is 0 Å². The third kappa shape index (κ3) is 5.46. The first-order valence-corrected chi connectivity index (χ1v) is 6.43. The minimum atomic E-state index is -0.214. The van der Waals surface area contributed by atoms with Crippen LogP contribution in [-0.4, -0.2) is 50.3 Å². The van der Waals surface area contributed by atoms with Crippen LogP contribution < -0.4 is 10.6 Å². The van der Waals surface area contributed by atoms with Crippen LogP contribution in [0.4, 0.5) is 0 Å². The normalized spacial score (nSPS) is 23.4. The van der Waals surface area contributed by atoms with E-state index in [0.717, 1.165) is 0 Å². The standard InChI is InChI=1S/C12H22N2O4/c1-3-17-11(15)5-9-7-13-8-10(14-9)6-12(16)18-4-2/h9-10,13-14H,3-8H2,1-2H3/t9-,10+. The number of piperazine rings is 1. The van der Waals surface area contributed by atoms with Crippen molar-refractivity contribution < 1.29 is 19.1 Å². The molecule has 0 aromatic heterocycles. The minimum Gasteiger partial charge on any atom is -0.466 e. The Hall–Kier alpha value is -1.14. The Labute approximate surface area is 107 Å². The second-order valence-electron chi connectivity index (χ2n) is 4.24. The Bertz CT molecular complexity index is 257. The number of ether oxygens (including phenoxy) is 2. The molecule has 6 nitrogen and oxygen atoms in total. The fourth-order valence-corrected chi connectivity index (χ4v) is 1.99. The summed E-state index contributed by atoms with van der Waals surface area (Å²) < 4.78 is 9.80. The predicted octanol–water partition coefficient (Wildman–Crippen LogP) is -0.177. The van der Waals surface area contributed by atoms with Crippen molar-refractivity contribution in [2.24, 2.45) is 0 Å². The molecule has 1 heterocycles. The van der Waals surface area contributed by atoms with Gasteiger partial charge in [-0.1, -0.05) is 0 Å². The summed E-state index contributed by atoms with van der Waals surface area (Å²) in [5.74, 6) is -0.429. The summed E-state index contributed by atoms with van der Waals surface area (Å²) in [5, 5.41) is 6.47. The molecule has 1 aliphatic rings. The molecule has 2 N–H and O–H groups in total. The fourth-order valence-electron chi connectivity index (χ4n) is 1.99. The first-order valence-electron chi connectivity index (χ1n) is 6.43. The Balaban J connectivity index is 2.31. The first kappa shape index (κ1) is 14.9. The van der Waals surface area contributed by atoms with E-state index in [2.05, 4.69) is 10.6 Å². The van der Waals surface area contributed by atoms with E-state index in [1.54, 1.807) is 13.8 Å². The Kier molecular flexibility index (Phi) is 6.67. The van der Waals surface area contributed by atoms with Crippen molar-refractivity contribution in [1.82, 2.24) is 10.6 Å². The van der Waals surface area contributed by atoms with Gasteiger partial charge in [0, 0.05) is 25.2 Å². The van der Waals surface area contributed by atoms with Crippen molar-refractivity contribution in [2.75, 3.05) is 26.3 Å². The van der Waals surface area contributed by atoms with Crippen molar-refractivity contribution in [3.05, 3.63) is 0 Å². The summed E-state index contributed by atoms with van der Waals surface area (Å²) in [6.07, 6.45) is 0.639. The minimum absolute atomic E-state index is 0.0113. The Morgan fingerprint density at radius 1 is 1.00 bits per heavy atom. The van der Waals surface area contributed by atoms with Gasteiger partial charge in [0.15, 0.2) is 0 Å². The van der Waals surface area contributed by atoms with Crippen molar-refractivity contribution in [1.29, 1.82) is 0 Å². The SMILES string of the molecule is CCOC(=O)C[C@H]1CNC[C@@H](CC(=O)OCC)N1. The molecule has 0 aromatic carbocycles. The zero-order chi connectivity index (χ0) is 13.4. The summed E-state index contributed by atoms with van der Waals surface area (Å²) >= 11 is 0. The van der Waals surface area contributed by atoms with Crippen LogP contribution >= 0.6 is 0 Å². The summed E-state index contributed by atoms with van der Waals surface area (Å²) in [5.41, 5.74) is 0. The first-order chi connectivity index (χ1) is 8.65. The fraction of sp³-hybridized carbons (Fsp3) is 0.833. The number of carbonyl (C=O) groups is 2. The van der Waals surface area contributed by atoms with Gasteiger partial charge in [0.2, 0.25) is 0 Å². The third-order valence-electron chi connectivity index (χ3n) is 2.69. The van der Waals surface area contributed by atoms with Crippen LogP contribution in [0, 0.1) is 0 Å². The molecule has 0 aliphatic carbocycles. The number of esters is 2. The van der Waals surface area contributed by atoms with E-state index in [4.69, 9.17) is 9.47 Å². The van der Waals surface area contributed by atoms with Gasteiger partial charge >= 0.3 is 11.9 Å². The number of hydrogen-bond acceptors (Lipinski definition) is 6. The second kappa shape index (κ2) is 8.05. The van der Waals surface area contributed by atoms with Gasteiger partial charge in [-0.15, -0.1) is 0 Å². The molecule has 0 amide bonds. The Morgan fingerprint density at radius 2 is 1.44 bits per heavy atom. The molecule has 1 rings (SSSR count). The zero-order valence-electron chi connectivity index (χ0n) is 11.0. The van der Waals surface area contributed by atoms with Gasteiger partial charge in [0.1, 0.15) is 0 Å². The number of rotatable bonds is 6. The maximum Gasteiger partial charge on any atom is 0.307 e. The molecule has 0 spiro atoms. The molecule has 18 heavy (non-hydrogen) atoms. The summed E-state index contributed by atoms with van der Waals surface area (Å²) in [6.45, 7) is 5.77. The van der Waals surface area contributed by atoms with E-state index in [0.29, 0.717) is 39.1 Å². The molecule has 0 saturated carbocycles. The molecule has 6 heteroatoms. The van der Waals surface area contributed by atoms with Gasteiger partial charge in [-0.2, -0.15) is 0 Å². The van der Waals surface area contributed by atoms with Gasteiger partial charge in [-0.3, -0.25) is 9.59 Å². The molecule has 0 aromatic rings. The molecular formula is C12H22N2O4. The molecule has 1 aliphatic heterocycles. The number of carbonyl (C=O) groups excluding carboxylic acids is 2. The maximum atomic E-state index is 11.4. The van der Waals surface area contributed by atoms with Crippen LogP contribution in [0.25, 0.3) is 0 Å². The highest BCUT2D eigenvalue weighted by molar-refractivity contribution is 5.71. The van der Waals surface area contributed by atoms with Crippen LogP contribution in [-0.2, 0) is 19.1 Å². The number of hydrogen-bond donors (Lipinski definition) is 2. The zero-order valence-corrected chi connectivity index (χ0v) is 11.0. The smallest absolute Gasteiger partial charge is 0.307 e. The van der Waals surface area contributed by atoms with Crippen molar-refractivity contribution in [3.8, 4) is 0 Å². The highest BCUT2D eigenvalue weighted by atomic mass is 16.5. The van der Waals surface area contributed by atoms with Crippen LogP contribution in [0.1, 0.15) is 26.7 Å². The van der Waals surface area contributed by atoms with Crippen molar-refractivity contribution in [2.45, 2.75) is 38.8 Å². The molecule has 0 unspecified atom stereocenters.